The number of ketones is 1. The van der Waals surface area contributed by atoms with Crippen LogP contribution in [0.1, 0.15) is 15.9 Å². The number of benzene rings is 2. The second-order valence-electron chi connectivity index (χ2n) is 5.81. The number of rotatable bonds is 5. The molecule has 1 heterocycles. The lowest BCUT2D eigenvalue weighted by Crippen LogP contribution is -2.25. The third-order valence-electron chi connectivity index (χ3n) is 3.85. The number of hydrogen-bond donors (Lipinski definition) is 3. The van der Waals surface area contributed by atoms with Gasteiger partial charge in [0, 0.05) is 5.56 Å². The van der Waals surface area contributed by atoms with Crippen molar-refractivity contribution >= 4 is 40.0 Å². The summed E-state index contributed by atoms with van der Waals surface area (Å²) in [4.78, 5) is 23.8. The zero-order valence-electron chi connectivity index (χ0n) is 14.5. The van der Waals surface area contributed by atoms with Gasteiger partial charge in [0.25, 0.3) is 5.91 Å². The monoisotopic (exact) mass is 383 g/mol. The van der Waals surface area contributed by atoms with Gasteiger partial charge in [0.05, 0.1) is 17.1 Å². The van der Waals surface area contributed by atoms with Crippen molar-refractivity contribution in [1.82, 2.24) is 0 Å². The van der Waals surface area contributed by atoms with Crippen LogP contribution >= 0.6 is 11.8 Å². The van der Waals surface area contributed by atoms with Crippen molar-refractivity contribution in [3.05, 3.63) is 53.6 Å². The lowest BCUT2D eigenvalue weighted by Gasteiger charge is -2.18. The molecule has 0 atom stereocenters. The van der Waals surface area contributed by atoms with E-state index >= 15 is 0 Å². The normalized spacial score (nSPS) is 12.4. The number of fused-ring (bicyclic) bond motifs is 1. The quantitative estimate of drug-likeness (QED) is 0.239. The molecule has 1 aliphatic heterocycles. The van der Waals surface area contributed by atoms with E-state index in [1.54, 1.807) is 30.3 Å². The molecule has 8 nitrogen and oxygen atoms in total. The third kappa shape index (κ3) is 4.32. The Bertz CT molecular complexity index is 914. The average molecular weight is 383 g/mol. The topological polar surface area (TPSA) is 119 Å². The van der Waals surface area contributed by atoms with Gasteiger partial charge in [-0.15, -0.1) is 0 Å². The van der Waals surface area contributed by atoms with Crippen LogP contribution in [0.25, 0.3) is 0 Å². The summed E-state index contributed by atoms with van der Waals surface area (Å²) in [6.07, 6.45) is 0. The first-order valence-electron chi connectivity index (χ1n) is 8.03. The molecule has 9 heteroatoms. The van der Waals surface area contributed by atoms with Gasteiger partial charge in [-0.1, -0.05) is 34.7 Å². The average Bonchev–Trinajstić information content (AvgIpc) is 2.67. The first-order valence-corrected chi connectivity index (χ1v) is 9.02. The van der Waals surface area contributed by atoms with Crippen molar-refractivity contribution in [2.45, 2.75) is 6.92 Å². The zero-order chi connectivity index (χ0) is 19.4. The summed E-state index contributed by atoms with van der Waals surface area (Å²) in [6, 6.07) is 12.1. The fourth-order valence-corrected chi connectivity index (χ4v) is 3.14. The Morgan fingerprint density at radius 2 is 2.04 bits per heavy atom. The number of hydrogen-bond acceptors (Lipinski definition) is 7. The minimum Gasteiger partial charge on any atom is -0.482 e. The zero-order valence-corrected chi connectivity index (χ0v) is 15.3. The summed E-state index contributed by atoms with van der Waals surface area (Å²) < 4.78 is 5.27. The van der Waals surface area contributed by atoms with Crippen LogP contribution in [0.2, 0.25) is 0 Å². The highest BCUT2D eigenvalue weighted by Crippen LogP contribution is 2.29. The van der Waals surface area contributed by atoms with E-state index in [4.69, 9.17) is 15.7 Å². The van der Waals surface area contributed by atoms with Crippen LogP contribution in [0.15, 0.2) is 47.7 Å². The van der Waals surface area contributed by atoms with E-state index in [2.05, 4.69) is 10.5 Å². The number of ether oxygens (including phenoxy) is 1. The van der Waals surface area contributed by atoms with Gasteiger partial charge in [-0.2, -0.15) is 10.5 Å². The molecule has 0 bridgehead atoms. The van der Waals surface area contributed by atoms with E-state index in [9.17, 15) is 9.59 Å². The number of carbonyl (C=O) groups excluding carboxylic acids is 2. The first-order chi connectivity index (χ1) is 13.0. The van der Waals surface area contributed by atoms with E-state index in [0.29, 0.717) is 22.7 Å². The molecule has 0 spiro atoms. The molecule has 1 amide bonds. The molecule has 0 saturated carbocycles. The highest BCUT2D eigenvalue weighted by atomic mass is 32.2. The molecule has 0 fully saturated rings. The first kappa shape index (κ1) is 18.6. The third-order valence-corrected chi connectivity index (χ3v) is 4.70. The summed E-state index contributed by atoms with van der Waals surface area (Å²) >= 11 is 0.976. The van der Waals surface area contributed by atoms with Gasteiger partial charge in [-0.05, 0) is 37.3 Å². The minimum atomic E-state index is -0.269. The van der Waals surface area contributed by atoms with Gasteiger partial charge in [-0.25, -0.2) is 0 Å². The molecule has 1 aliphatic rings. The fourth-order valence-electron chi connectivity index (χ4n) is 2.44. The lowest BCUT2D eigenvalue weighted by atomic mass is 10.1. The highest BCUT2D eigenvalue weighted by molar-refractivity contribution is 8.14. The van der Waals surface area contributed by atoms with Gasteiger partial charge in [0.15, 0.2) is 17.6 Å². The summed E-state index contributed by atoms with van der Waals surface area (Å²) in [5.74, 6) is 0.0463. The number of Topliss-reactive ketones (excluding diaryl/α,β-unsaturated/α-hetero) is 1. The van der Waals surface area contributed by atoms with Crippen molar-refractivity contribution in [3.8, 4) is 5.75 Å². The van der Waals surface area contributed by atoms with Gasteiger partial charge >= 0.3 is 0 Å². The van der Waals surface area contributed by atoms with Crippen LogP contribution in [0.3, 0.4) is 0 Å². The molecule has 0 aliphatic carbocycles. The molecule has 3 N–H and O–H groups in total. The molecule has 27 heavy (non-hydrogen) atoms. The summed E-state index contributed by atoms with van der Waals surface area (Å²) in [6.45, 7) is 1.90. The molecular weight excluding hydrogens is 366 g/mol. The molecule has 0 aromatic heterocycles. The maximum absolute atomic E-state index is 12.4. The van der Waals surface area contributed by atoms with Crippen LogP contribution < -0.4 is 15.1 Å². The van der Waals surface area contributed by atoms with E-state index in [1.807, 2.05) is 19.1 Å². The van der Waals surface area contributed by atoms with E-state index < -0.39 is 0 Å². The number of thioether (sulfide) groups is 1. The van der Waals surface area contributed by atoms with Crippen molar-refractivity contribution in [3.63, 3.8) is 0 Å². The summed E-state index contributed by atoms with van der Waals surface area (Å²) in [5.41, 5.74) is 9.81. The number of aryl methyl sites for hydroxylation is 1. The number of nitrogens with zero attached hydrogens (tertiary/aromatic N) is 2. The summed E-state index contributed by atoms with van der Waals surface area (Å²) in [5, 5.41) is 15.3. The standard InChI is InChI=1S/C18H17N5O3S/c1-11-2-5-13(6-3-11)23(22-20)18(19)27-10-15(24)12-4-7-16-14(8-12)21-17(25)9-26-16/h2-8,19-20H,9-10H2,1H3,(H,21,25). The molecular formula is C18H17N5O3S. The van der Waals surface area contributed by atoms with Crippen LogP contribution in [-0.2, 0) is 4.79 Å². The Balaban J connectivity index is 1.65. The van der Waals surface area contributed by atoms with Crippen LogP contribution in [-0.4, -0.2) is 29.2 Å². The highest BCUT2D eigenvalue weighted by Gasteiger charge is 2.19. The van der Waals surface area contributed by atoms with Gasteiger partial charge in [0.1, 0.15) is 5.75 Å². The van der Waals surface area contributed by atoms with Gasteiger partial charge in [-0.3, -0.25) is 15.0 Å². The molecule has 0 saturated heterocycles. The Hall–Kier alpha value is -3.20. The molecule has 2 aromatic rings. The van der Waals surface area contributed by atoms with E-state index in [0.717, 1.165) is 22.3 Å². The Labute approximate surface area is 159 Å². The number of carbonyl (C=O) groups is 2. The molecule has 0 unspecified atom stereocenters. The number of nitrogens with one attached hydrogen (secondary N) is 3. The molecule has 3 rings (SSSR count). The minimum absolute atomic E-state index is 0.00427. The van der Waals surface area contributed by atoms with Crippen molar-refractivity contribution in [1.29, 1.82) is 10.9 Å². The number of amidine groups is 1. The SMILES string of the molecule is Cc1ccc(N(N=N)C(=N)SCC(=O)c2ccc3c(c2)NC(=O)CO3)cc1. The number of amides is 1. The van der Waals surface area contributed by atoms with Crippen molar-refractivity contribution in [2.75, 3.05) is 22.7 Å². The van der Waals surface area contributed by atoms with E-state index in [-0.39, 0.29) is 29.2 Å². The fraction of sp³-hybridized carbons (Fsp3) is 0.167. The predicted octanol–water partition coefficient (Wildman–Crippen LogP) is 3.63. The second kappa shape index (κ2) is 8.00. The predicted molar refractivity (Wildman–Crippen MR) is 104 cm³/mol. The molecule has 138 valence electrons. The van der Waals surface area contributed by atoms with Crippen LogP contribution in [0.5, 0.6) is 5.75 Å². The number of anilines is 2. The molecule has 2 aromatic carbocycles. The maximum Gasteiger partial charge on any atom is 0.262 e. The van der Waals surface area contributed by atoms with Crippen LogP contribution in [0, 0.1) is 17.9 Å². The lowest BCUT2D eigenvalue weighted by molar-refractivity contribution is -0.118. The Morgan fingerprint density at radius 3 is 2.74 bits per heavy atom. The molecule has 0 radical (unpaired) electrons. The summed E-state index contributed by atoms with van der Waals surface area (Å²) in [7, 11) is 0. The Kier molecular flexibility index (Phi) is 5.51. The van der Waals surface area contributed by atoms with Crippen LogP contribution in [0.4, 0.5) is 11.4 Å². The second-order valence-corrected chi connectivity index (χ2v) is 6.78. The Morgan fingerprint density at radius 1 is 1.30 bits per heavy atom. The largest absolute Gasteiger partial charge is 0.482 e. The van der Waals surface area contributed by atoms with Gasteiger partial charge < -0.3 is 10.1 Å². The van der Waals surface area contributed by atoms with Crippen molar-refractivity contribution < 1.29 is 14.3 Å². The van der Waals surface area contributed by atoms with Gasteiger partial charge in [0.2, 0.25) is 0 Å². The smallest absolute Gasteiger partial charge is 0.262 e. The van der Waals surface area contributed by atoms with Crippen molar-refractivity contribution in [2.24, 2.45) is 5.22 Å². The van der Waals surface area contributed by atoms with E-state index in [1.165, 1.54) is 0 Å². The maximum atomic E-state index is 12.4.